The summed E-state index contributed by atoms with van der Waals surface area (Å²) in [6.45, 7) is 4.43. The molecule has 5 rings (SSSR count). The average Bonchev–Trinajstić information content (AvgIpc) is 3.51. The van der Waals surface area contributed by atoms with Gasteiger partial charge in [-0.1, -0.05) is 24.3 Å². The first kappa shape index (κ1) is 17.9. The molecule has 5 heteroatoms. The van der Waals surface area contributed by atoms with Gasteiger partial charge in [0.25, 0.3) is 5.56 Å². The van der Waals surface area contributed by atoms with Crippen molar-refractivity contribution in [2.75, 3.05) is 6.54 Å². The second-order valence-electron chi connectivity index (χ2n) is 8.20. The SMILES string of the molecule is Cc1cc(O)c(-c2ccc(C3(CN)CC3)cc2)c2c1[nH]c(=O)c1c(C)ccnc12. The zero-order valence-electron chi connectivity index (χ0n) is 16.5. The van der Waals surface area contributed by atoms with Crippen LogP contribution in [0, 0.1) is 13.8 Å². The van der Waals surface area contributed by atoms with Gasteiger partial charge in [0.2, 0.25) is 0 Å². The Bertz CT molecular complexity index is 1330. The molecule has 0 radical (unpaired) electrons. The number of hydrogen-bond donors (Lipinski definition) is 3. The summed E-state index contributed by atoms with van der Waals surface area (Å²) in [4.78, 5) is 20.3. The lowest BCUT2D eigenvalue weighted by molar-refractivity contribution is 0.477. The van der Waals surface area contributed by atoms with E-state index >= 15 is 0 Å². The quantitative estimate of drug-likeness (QED) is 0.464. The largest absolute Gasteiger partial charge is 0.507 e. The zero-order valence-corrected chi connectivity index (χ0v) is 16.5. The molecule has 0 atom stereocenters. The Morgan fingerprint density at radius 2 is 1.83 bits per heavy atom. The van der Waals surface area contributed by atoms with E-state index in [1.807, 2.05) is 32.0 Å². The number of fused-ring (bicyclic) bond motifs is 3. The number of benzene rings is 2. The van der Waals surface area contributed by atoms with Crippen LogP contribution >= 0.6 is 0 Å². The third-order valence-electron chi connectivity index (χ3n) is 6.40. The summed E-state index contributed by atoms with van der Waals surface area (Å²) in [5, 5.41) is 12.2. The zero-order chi connectivity index (χ0) is 20.3. The van der Waals surface area contributed by atoms with Crippen LogP contribution in [0.15, 0.2) is 47.4 Å². The molecule has 1 aliphatic rings. The molecule has 4 aromatic rings. The molecule has 0 unspecified atom stereocenters. The van der Waals surface area contributed by atoms with E-state index in [1.54, 1.807) is 12.3 Å². The Balaban J connectivity index is 1.84. The van der Waals surface area contributed by atoms with Crippen LogP contribution in [0.3, 0.4) is 0 Å². The molecule has 0 saturated heterocycles. The van der Waals surface area contributed by atoms with E-state index in [-0.39, 0.29) is 16.7 Å². The first-order valence-electron chi connectivity index (χ1n) is 9.90. The van der Waals surface area contributed by atoms with Crippen LogP contribution < -0.4 is 11.3 Å². The fraction of sp³-hybridized carbons (Fsp3) is 0.250. The van der Waals surface area contributed by atoms with Gasteiger partial charge in [-0.15, -0.1) is 0 Å². The summed E-state index contributed by atoms with van der Waals surface area (Å²) in [6.07, 6.45) is 3.95. The number of nitrogens with zero attached hydrogens (tertiary/aromatic N) is 1. The maximum atomic E-state index is 12.7. The van der Waals surface area contributed by atoms with Crippen molar-refractivity contribution in [3.05, 3.63) is 69.6 Å². The highest BCUT2D eigenvalue weighted by Crippen LogP contribution is 2.48. The minimum atomic E-state index is -0.160. The monoisotopic (exact) mass is 385 g/mol. The summed E-state index contributed by atoms with van der Waals surface area (Å²) in [5.74, 6) is 0.180. The van der Waals surface area contributed by atoms with E-state index in [2.05, 4.69) is 22.1 Å². The Morgan fingerprint density at radius 1 is 1.10 bits per heavy atom. The van der Waals surface area contributed by atoms with Gasteiger partial charge >= 0.3 is 0 Å². The Labute approximate surface area is 168 Å². The number of pyridine rings is 2. The molecule has 2 aromatic carbocycles. The normalized spacial score (nSPS) is 15.1. The number of aromatic amines is 1. The summed E-state index contributed by atoms with van der Waals surface area (Å²) >= 11 is 0. The Hall–Kier alpha value is -3.18. The van der Waals surface area contributed by atoms with Gasteiger partial charge in [-0.3, -0.25) is 9.78 Å². The maximum Gasteiger partial charge on any atom is 0.258 e. The van der Waals surface area contributed by atoms with E-state index in [0.717, 1.165) is 34.9 Å². The van der Waals surface area contributed by atoms with Gasteiger partial charge in [0, 0.05) is 29.1 Å². The molecule has 5 nitrogen and oxygen atoms in total. The number of phenols is 1. The molecular weight excluding hydrogens is 362 g/mol. The van der Waals surface area contributed by atoms with Crippen LogP contribution in [0.5, 0.6) is 5.75 Å². The van der Waals surface area contributed by atoms with Gasteiger partial charge in [-0.05, 0) is 61.1 Å². The third kappa shape index (κ3) is 2.58. The van der Waals surface area contributed by atoms with Gasteiger partial charge in [-0.2, -0.15) is 0 Å². The van der Waals surface area contributed by atoms with Crippen molar-refractivity contribution >= 4 is 21.8 Å². The van der Waals surface area contributed by atoms with Crippen LogP contribution in [0.1, 0.15) is 29.5 Å². The molecule has 0 bridgehead atoms. The van der Waals surface area contributed by atoms with E-state index in [9.17, 15) is 9.90 Å². The predicted molar refractivity (Wildman–Crippen MR) is 116 cm³/mol. The van der Waals surface area contributed by atoms with Crippen molar-refractivity contribution in [3.63, 3.8) is 0 Å². The molecule has 29 heavy (non-hydrogen) atoms. The molecule has 0 spiro atoms. The van der Waals surface area contributed by atoms with Crippen molar-refractivity contribution < 1.29 is 5.11 Å². The van der Waals surface area contributed by atoms with Gasteiger partial charge in [0.15, 0.2) is 0 Å². The number of phenolic OH excluding ortho intramolecular Hbond substituents is 1. The number of hydrogen-bond acceptors (Lipinski definition) is 4. The number of rotatable bonds is 3. The van der Waals surface area contributed by atoms with Crippen molar-refractivity contribution in [2.24, 2.45) is 5.73 Å². The van der Waals surface area contributed by atoms with E-state index in [0.29, 0.717) is 28.5 Å². The Kier molecular flexibility index (Phi) is 3.80. The molecule has 1 fully saturated rings. The van der Waals surface area contributed by atoms with Gasteiger partial charge in [0.1, 0.15) is 5.75 Å². The Morgan fingerprint density at radius 3 is 2.48 bits per heavy atom. The van der Waals surface area contributed by atoms with Crippen LogP contribution in [0.25, 0.3) is 32.9 Å². The van der Waals surface area contributed by atoms with Crippen molar-refractivity contribution in [1.29, 1.82) is 0 Å². The minimum absolute atomic E-state index is 0.118. The highest BCUT2D eigenvalue weighted by molar-refractivity contribution is 6.13. The molecule has 0 aliphatic heterocycles. The smallest absolute Gasteiger partial charge is 0.258 e. The van der Waals surface area contributed by atoms with Gasteiger partial charge in [0.05, 0.1) is 16.4 Å². The first-order chi connectivity index (χ1) is 13.9. The number of aromatic nitrogens is 2. The summed E-state index contributed by atoms with van der Waals surface area (Å²) in [5.41, 5.74) is 11.7. The number of aryl methyl sites for hydroxylation is 2. The molecule has 2 aromatic heterocycles. The molecule has 4 N–H and O–H groups in total. The van der Waals surface area contributed by atoms with Crippen LogP contribution in [0.4, 0.5) is 0 Å². The predicted octanol–water partition coefficient (Wildman–Crippen LogP) is 4.06. The highest BCUT2D eigenvalue weighted by atomic mass is 16.3. The fourth-order valence-corrected chi connectivity index (χ4v) is 4.45. The summed E-state index contributed by atoms with van der Waals surface area (Å²) < 4.78 is 0. The fourth-order valence-electron chi connectivity index (χ4n) is 4.45. The van der Waals surface area contributed by atoms with Crippen LogP contribution in [-0.2, 0) is 5.41 Å². The van der Waals surface area contributed by atoms with E-state index in [4.69, 9.17) is 5.73 Å². The first-order valence-corrected chi connectivity index (χ1v) is 9.90. The molecular formula is C24H23N3O2. The number of nitrogens with two attached hydrogens (primary N) is 1. The van der Waals surface area contributed by atoms with Crippen molar-refractivity contribution in [3.8, 4) is 16.9 Å². The molecule has 1 aliphatic carbocycles. The van der Waals surface area contributed by atoms with E-state index < -0.39 is 0 Å². The summed E-state index contributed by atoms with van der Waals surface area (Å²) in [7, 11) is 0. The standard InChI is InChI=1S/C24H23N3O2/c1-13-7-10-26-22-18(13)23(29)27-21-14(2)11-17(28)19(20(21)22)15-3-5-16(6-4-15)24(12-25)8-9-24/h3-7,10-11,28H,8-9,12,25H2,1-2H3,(H,27,29). The molecule has 146 valence electrons. The molecule has 2 heterocycles. The maximum absolute atomic E-state index is 12.7. The second kappa shape index (κ2) is 6.16. The van der Waals surface area contributed by atoms with Crippen molar-refractivity contribution in [1.82, 2.24) is 9.97 Å². The van der Waals surface area contributed by atoms with E-state index in [1.165, 1.54) is 5.56 Å². The van der Waals surface area contributed by atoms with Gasteiger partial charge < -0.3 is 15.8 Å². The summed E-state index contributed by atoms with van der Waals surface area (Å²) in [6, 6.07) is 11.8. The lowest BCUT2D eigenvalue weighted by Gasteiger charge is -2.16. The molecule has 1 saturated carbocycles. The number of aromatic hydroxyl groups is 1. The minimum Gasteiger partial charge on any atom is -0.507 e. The van der Waals surface area contributed by atoms with Crippen LogP contribution in [0.2, 0.25) is 0 Å². The molecule has 0 amide bonds. The van der Waals surface area contributed by atoms with Crippen LogP contribution in [-0.4, -0.2) is 21.6 Å². The topological polar surface area (TPSA) is 92.0 Å². The van der Waals surface area contributed by atoms with Gasteiger partial charge in [-0.25, -0.2) is 0 Å². The van der Waals surface area contributed by atoms with Crippen molar-refractivity contribution in [2.45, 2.75) is 32.1 Å². The highest BCUT2D eigenvalue weighted by Gasteiger charge is 2.42. The second-order valence-corrected chi connectivity index (χ2v) is 8.20. The average molecular weight is 385 g/mol. The lowest BCUT2D eigenvalue weighted by Crippen LogP contribution is -2.19. The third-order valence-corrected chi connectivity index (χ3v) is 6.40. The number of H-pyrrole nitrogens is 1. The number of nitrogens with one attached hydrogen (secondary N) is 1. The lowest BCUT2D eigenvalue weighted by atomic mass is 9.91.